The maximum Gasteiger partial charge on any atom is 0.415 e. The molecule has 1 aromatic rings. The summed E-state index contributed by atoms with van der Waals surface area (Å²) in [6, 6.07) is 1.12. The highest BCUT2D eigenvalue weighted by Crippen LogP contribution is 2.38. The molecule has 10 heteroatoms. The summed E-state index contributed by atoms with van der Waals surface area (Å²) in [5.41, 5.74) is -0.800. The lowest BCUT2D eigenvalue weighted by Gasteiger charge is -2.43. The molecule has 1 aliphatic heterocycles. The molecule has 31 heavy (non-hydrogen) atoms. The Bertz CT molecular complexity index is 804. The summed E-state index contributed by atoms with van der Waals surface area (Å²) < 4.78 is 12.2. The number of aromatic nitrogens is 1. The van der Waals surface area contributed by atoms with Gasteiger partial charge in [0.25, 0.3) is 0 Å². The van der Waals surface area contributed by atoms with Crippen molar-refractivity contribution < 1.29 is 18.9 Å². The maximum absolute atomic E-state index is 13.2. The molecule has 0 aromatic carbocycles. The molecule has 2 atom stereocenters. The van der Waals surface area contributed by atoms with Gasteiger partial charge >= 0.3 is 11.8 Å². The molecule has 1 aromatic heterocycles. The van der Waals surface area contributed by atoms with Crippen LogP contribution in [0.5, 0.6) is 0 Å². The van der Waals surface area contributed by atoms with Crippen LogP contribution in [-0.4, -0.2) is 55.2 Å². The van der Waals surface area contributed by atoms with Crippen LogP contribution in [0, 0.1) is 10.1 Å². The van der Waals surface area contributed by atoms with E-state index in [0.717, 1.165) is 6.20 Å². The molecule has 2 rings (SSSR count). The van der Waals surface area contributed by atoms with E-state index in [4.69, 9.17) is 9.16 Å². The largest absolute Gasteiger partial charge is 0.443 e. The Morgan fingerprint density at radius 1 is 1.26 bits per heavy atom. The number of ether oxygens (including phenoxy) is 1. The molecule has 0 radical (unpaired) electrons. The average molecular weight is 453 g/mol. The van der Waals surface area contributed by atoms with E-state index >= 15 is 0 Å². The van der Waals surface area contributed by atoms with Crippen LogP contribution in [0.4, 0.5) is 16.2 Å². The highest BCUT2D eigenvalue weighted by atomic mass is 28.4. The van der Waals surface area contributed by atoms with E-state index in [1.165, 1.54) is 17.2 Å². The van der Waals surface area contributed by atoms with E-state index in [2.05, 4.69) is 44.2 Å². The zero-order valence-electron chi connectivity index (χ0n) is 19.9. The second-order valence-corrected chi connectivity index (χ2v) is 15.3. The van der Waals surface area contributed by atoms with Gasteiger partial charge in [-0.15, -0.1) is 0 Å². The fourth-order valence-electron chi connectivity index (χ4n) is 3.24. The standard InChI is InChI=1S/C21H36N4O5Si/c1-20(2,3)29-19(26)24(17-9-10-22-14-18(17)25(27)28)15-11-16(13-23-12-15)30-31(7,8)21(4,5)6/h9-10,14-16,23H,11-13H2,1-8H3/t15-,16+/m0/s1. The van der Waals surface area contributed by atoms with Gasteiger partial charge in [-0.1, -0.05) is 20.8 Å². The van der Waals surface area contributed by atoms with Crippen molar-refractivity contribution >= 4 is 25.8 Å². The van der Waals surface area contributed by atoms with Gasteiger partial charge in [0, 0.05) is 19.3 Å². The normalized spacial score (nSPS) is 20.3. The molecule has 174 valence electrons. The van der Waals surface area contributed by atoms with E-state index in [1.54, 1.807) is 20.8 Å². The summed E-state index contributed by atoms with van der Waals surface area (Å²) in [7, 11) is -2.02. The van der Waals surface area contributed by atoms with Crippen molar-refractivity contribution in [3.05, 3.63) is 28.6 Å². The lowest BCUT2D eigenvalue weighted by Crippen LogP contribution is -2.57. The van der Waals surface area contributed by atoms with Gasteiger partial charge in [0.15, 0.2) is 8.32 Å². The van der Waals surface area contributed by atoms with E-state index in [0.29, 0.717) is 19.5 Å². The van der Waals surface area contributed by atoms with Crippen molar-refractivity contribution in [2.45, 2.75) is 83.8 Å². The number of hydrogen-bond acceptors (Lipinski definition) is 7. The first-order chi connectivity index (χ1) is 14.1. The van der Waals surface area contributed by atoms with E-state index in [9.17, 15) is 14.9 Å². The molecule has 1 N–H and O–H groups in total. The third-order valence-corrected chi connectivity index (χ3v) is 10.3. The van der Waals surface area contributed by atoms with E-state index in [1.807, 2.05) is 0 Å². The molecule has 2 heterocycles. The quantitative estimate of drug-likeness (QED) is 0.398. The van der Waals surface area contributed by atoms with Crippen LogP contribution >= 0.6 is 0 Å². The molecule has 1 fully saturated rings. The van der Waals surface area contributed by atoms with Crippen LogP contribution in [0.1, 0.15) is 48.0 Å². The van der Waals surface area contributed by atoms with Gasteiger partial charge in [0.1, 0.15) is 17.5 Å². The molecule has 0 spiro atoms. The van der Waals surface area contributed by atoms with E-state index < -0.39 is 24.9 Å². The van der Waals surface area contributed by atoms with Gasteiger partial charge < -0.3 is 14.5 Å². The van der Waals surface area contributed by atoms with Gasteiger partial charge in [0.05, 0.1) is 17.1 Å². The predicted octanol–water partition coefficient (Wildman–Crippen LogP) is 4.48. The van der Waals surface area contributed by atoms with Crippen molar-refractivity contribution in [2.75, 3.05) is 18.0 Å². The molecule has 1 amide bonds. The molecule has 9 nitrogen and oxygen atoms in total. The fraction of sp³-hybridized carbons (Fsp3) is 0.714. The Hall–Kier alpha value is -2.04. The molecule has 1 saturated heterocycles. The van der Waals surface area contributed by atoms with Crippen molar-refractivity contribution in [1.29, 1.82) is 0 Å². The fourth-order valence-corrected chi connectivity index (χ4v) is 4.61. The van der Waals surface area contributed by atoms with Gasteiger partial charge in [-0.25, -0.2) is 4.79 Å². The topological polar surface area (TPSA) is 107 Å². The molecule has 1 aliphatic rings. The average Bonchev–Trinajstić information content (AvgIpc) is 2.59. The number of piperidine rings is 1. The minimum atomic E-state index is -2.02. The number of nitro groups is 1. The van der Waals surface area contributed by atoms with Crippen molar-refractivity contribution in [3.63, 3.8) is 0 Å². The number of anilines is 1. The Kier molecular flexibility index (Phi) is 7.50. The summed E-state index contributed by atoms with van der Waals surface area (Å²) in [5, 5.41) is 15.0. The smallest absolute Gasteiger partial charge is 0.415 e. The molecule has 0 bridgehead atoms. The number of pyridine rings is 1. The Labute approximate surface area is 185 Å². The van der Waals surface area contributed by atoms with Crippen LogP contribution in [0.15, 0.2) is 18.5 Å². The first-order valence-corrected chi connectivity index (χ1v) is 13.5. The monoisotopic (exact) mass is 452 g/mol. The molecule has 0 aliphatic carbocycles. The third-order valence-electron chi connectivity index (χ3n) is 5.74. The summed E-state index contributed by atoms with van der Waals surface area (Å²) in [5.74, 6) is 0. The molecular weight excluding hydrogens is 416 g/mol. The first-order valence-electron chi connectivity index (χ1n) is 10.6. The van der Waals surface area contributed by atoms with Crippen LogP contribution < -0.4 is 10.2 Å². The lowest BCUT2D eigenvalue weighted by molar-refractivity contribution is -0.384. The Morgan fingerprint density at radius 2 is 1.90 bits per heavy atom. The number of nitrogens with zero attached hydrogens (tertiary/aromatic N) is 3. The predicted molar refractivity (Wildman–Crippen MR) is 123 cm³/mol. The first kappa shape index (κ1) is 25.2. The second-order valence-electron chi connectivity index (χ2n) is 10.5. The lowest BCUT2D eigenvalue weighted by atomic mass is 10.0. The zero-order chi connectivity index (χ0) is 23.6. The van der Waals surface area contributed by atoms with Crippen LogP contribution in [0.2, 0.25) is 18.1 Å². The van der Waals surface area contributed by atoms with Gasteiger partial charge in [-0.2, -0.15) is 0 Å². The number of carbonyl (C=O) groups is 1. The van der Waals surface area contributed by atoms with Crippen LogP contribution in [0.25, 0.3) is 0 Å². The summed E-state index contributed by atoms with van der Waals surface area (Å²) >= 11 is 0. The van der Waals surface area contributed by atoms with Crippen LogP contribution in [-0.2, 0) is 9.16 Å². The summed E-state index contributed by atoms with van der Waals surface area (Å²) in [6.45, 7) is 17.4. The van der Waals surface area contributed by atoms with Crippen molar-refractivity contribution in [3.8, 4) is 0 Å². The van der Waals surface area contributed by atoms with Gasteiger partial charge in [-0.3, -0.25) is 20.0 Å². The third kappa shape index (κ3) is 6.47. The number of nitrogens with one attached hydrogen (secondary N) is 1. The maximum atomic E-state index is 13.2. The molecular formula is C21H36N4O5Si. The van der Waals surface area contributed by atoms with Crippen molar-refractivity contribution in [2.24, 2.45) is 0 Å². The van der Waals surface area contributed by atoms with Gasteiger partial charge in [0.2, 0.25) is 0 Å². The summed E-state index contributed by atoms with van der Waals surface area (Å²) in [6.07, 6.45) is 2.43. The minimum absolute atomic E-state index is 0.0503. The second kappa shape index (κ2) is 9.21. The number of carbonyl (C=O) groups excluding carboxylic acids is 1. The highest BCUT2D eigenvalue weighted by Gasteiger charge is 2.42. The molecule has 0 saturated carbocycles. The number of rotatable bonds is 5. The van der Waals surface area contributed by atoms with Crippen LogP contribution in [0.3, 0.4) is 0 Å². The Balaban J connectivity index is 2.38. The SMILES string of the molecule is CC(C)(C)OC(=O)N(c1ccncc1[N+](=O)[O-])[C@@H]1CNC[C@H](O[Si](C)(C)C(C)(C)C)C1. The Morgan fingerprint density at radius 3 is 2.45 bits per heavy atom. The minimum Gasteiger partial charge on any atom is -0.443 e. The molecule has 0 unspecified atom stereocenters. The zero-order valence-corrected chi connectivity index (χ0v) is 20.9. The number of amides is 1. The van der Waals surface area contributed by atoms with Crippen molar-refractivity contribution in [1.82, 2.24) is 10.3 Å². The number of hydrogen-bond donors (Lipinski definition) is 1. The highest BCUT2D eigenvalue weighted by molar-refractivity contribution is 6.74. The summed E-state index contributed by atoms with van der Waals surface area (Å²) in [4.78, 5) is 29.5. The van der Waals surface area contributed by atoms with Gasteiger partial charge in [-0.05, 0) is 51.4 Å². The van der Waals surface area contributed by atoms with E-state index in [-0.39, 0.29) is 28.6 Å².